The van der Waals surface area contributed by atoms with Gasteiger partial charge in [-0.05, 0) is 31.2 Å². The number of hydrogen-bond donors (Lipinski definition) is 0. The number of anilines is 1. The zero-order valence-electron chi connectivity index (χ0n) is 14.7. The molecule has 0 bridgehead atoms. The van der Waals surface area contributed by atoms with Crippen LogP contribution in [-0.4, -0.2) is 28.5 Å². The van der Waals surface area contributed by atoms with Crippen LogP contribution in [0.15, 0.2) is 54.6 Å². The molecule has 0 aliphatic rings. The van der Waals surface area contributed by atoms with Crippen LogP contribution in [0.4, 0.5) is 10.2 Å². The van der Waals surface area contributed by atoms with Crippen molar-refractivity contribution in [3.05, 3.63) is 82.8 Å². The molecule has 3 aromatic rings. The summed E-state index contributed by atoms with van der Waals surface area (Å²) in [5, 5.41) is 4.26. The molecule has 6 heteroatoms. The number of ketones is 1. The molecule has 132 valence electrons. The molecule has 0 fully saturated rings. The normalized spacial score (nSPS) is 10.6. The van der Waals surface area contributed by atoms with E-state index in [-0.39, 0.29) is 17.0 Å². The fourth-order valence-electron chi connectivity index (χ4n) is 2.95. The molecule has 0 unspecified atom stereocenters. The van der Waals surface area contributed by atoms with Crippen LogP contribution in [0.5, 0.6) is 0 Å². The number of benzene rings is 2. The van der Waals surface area contributed by atoms with Crippen LogP contribution in [0, 0.1) is 12.7 Å². The van der Waals surface area contributed by atoms with Crippen molar-refractivity contribution >= 4 is 17.5 Å². The third kappa shape index (κ3) is 3.01. The Kier molecular flexibility index (Phi) is 4.67. The minimum atomic E-state index is -0.608. The molecule has 5 nitrogen and oxygen atoms in total. The van der Waals surface area contributed by atoms with E-state index in [0.29, 0.717) is 17.1 Å². The molecule has 1 amide bonds. The number of hydrogen-bond acceptors (Lipinski definition) is 3. The monoisotopic (exact) mass is 351 g/mol. The van der Waals surface area contributed by atoms with E-state index < -0.39 is 11.6 Å². The number of aryl methyl sites for hydroxylation is 2. The number of carbonyl (C=O) groups is 2. The highest BCUT2D eigenvalue weighted by atomic mass is 19.1. The van der Waals surface area contributed by atoms with Gasteiger partial charge in [-0.15, -0.1) is 0 Å². The lowest BCUT2D eigenvalue weighted by atomic mass is 10.0. The van der Waals surface area contributed by atoms with Crippen molar-refractivity contribution in [2.24, 2.45) is 7.05 Å². The molecule has 2 aromatic carbocycles. The largest absolute Gasteiger partial charge is 0.295 e. The van der Waals surface area contributed by atoms with Gasteiger partial charge in [-0.25, -0.2) is 4.39 Å². The van der Waals surface area contributed by atoms with Crippen molar-refractivity contribution in [2.45, 2.75) is 6.92 Å². The van der Waals surface area contributed by atoms with Gasteiger partial charge in [0.2, 0.25) is 5.78 Å². The number of nitrogens with zero attached hydrogens (tertiary/aromatic N) is 3. The molecule has 1 heterocycles. The zero-order chi connectivity index (χ0) is 18.8. The summed E-state index contributed by atoms with van der Waals surface area (Å²) in [4.78, 5) is 27.1. The summed E-state index contributed by atoms with van der Waals surface area (Å²) in [6.07, 6.45) is 0. The van der Waals surface area contributed by atoms with Gasteiger partial charge >= 0.3 is 0 Å². The maximum Gasteiger partial charge on any atom is 0.259 e. The Labute approximate surface area is 150 Å². The van der Waals surface area contributed by atoms with E-state index in [1.54, 1.807) is 51.4 Å². The van der Waals surface area contributed by atoms with Gasteiger partial charge in [-0.1, -0.05) is 30.3 Å². The average molecular weight is 351 g/mol. The van der Waals surface area contributed by atoms with Crippen molar-refractivity contribution in [3.8, 4) is 0 Å². The van der Waals surface area contributed by atoms with Gasteiger partial charge in [0.1, 0.15) is 11.6 Å². The van der Waals surface area contributed by atoms with Gasteiger partial charge < -0.3 is 0 Å². The van der Waals surface area contributed by atoms with Crippen molar-refractivity contribution in [1.82, 2.24) is 9.78 Å². The first-order chi connectivity index (χ1) is 12.4. The topological polar surface area (TPSA) is 55.2 Å². The molecule has 0 saturated carbocycles. The Bertz CT molecular complexity index is 980. The lowest BCUT2D eigenvalue weighted by Crippen LogP contribution is -2.29. The lowest BCUT2D eigenvalue weighted by Gasteiger charge is -2.19. The number of amides is 1. The fourth-order valence-corrected chi connectivity index (χ4v) is 2.95. The Morgan fingerprint density at radius 1 is 1.04 bits per heavy atom. The Morgan fingerprint density at radius 3 is 2.31 bits per heavy atom. The molecule has 0 aliphatic carbocycles. The summed E-state index contributed by atoms with van der Waals surface area (Å²) in [5.41, 5.74) is 1.08. The fraction of sp³-hybridized carbons (Fsp3) is 0.150. The smallest absolute Gasteiger partial charge is 0.259 e. The first kappa shape index (κ1) is 17.5. The average Bonchev–Trinajstić information content (AvgIpc) is 2.95. The van der Waals surface area contributed by atoms with Crippen molar-refractivity contribution < 1.29 is 14.0 Å². The Hall–Kier alpha value is -3.28. The van der Waals surface area contributed by atoms with Crippen LogP contribution < -0.4 is 4.90 Å². The highest BCUT2D eigenvalue weighted by molar-refractivity contribution is 6.16. The quantitative estimate of drug-likeness (QED) is 0.677. The van der Waals surface area contributed by atoms with Crippen molar-refractivity contribution in [2.75, 3.05) is 11.9 Å². The zero-order valence-corrected chi connectivity index (χ0v) is 14.7. The van der Waals surface area contributed by atoms with Gasteiger partial charge in [-0.3, -0.25) is 19.2 Å². The lowest BCUT2D eigenvalue weighted by molar-refractivity contribution is 0.0991. The third-order valence-corrected chi connectivity index (χ3v) is 4.18. The number of halogens is 1. The van der Waals surface area contributed by atoms with Crippen molar-refractivity contribution in [3.63, 3.8) is 0 Å². The standard InChI is InChI=1S/C20H18FN3O2/c1-13-17(18(25)15-11-7-8-12-16(15)21)19(24(3)22-13)23(2)20(26)14-9-5-4-6-10-14/h4-12H,1-3H3. The summed E-state index contributed by atoms with van der Waals surface area (Å²) in [7, 11) is 3.22. The second-order valence-corrected chi connectivity index (χ2v) is 5.95. The predicted octanol–water partition coefficient (Wildman–Crippen LogP) is 3.38. The molecular formula is C20H18FN3O2. The molecule has 0 radical (unpaired) electrons. The van der Waals surface area contributed by atoms with Gasteiger partial charge in [0.05, 0.1) is 16.8 Å². The molecule has 0 spiro atoms. The summed E-state index contributed by atoms with van der Waals surface area (Å²) < 4.78 is 15.6. The predicted molar refractivity (Wildman–Crippen MR) is 97.0 cm³/mol. The number of carbonyl (C=O) groups excluding carboxylic acids is 2. The first-order valence-corrected chi connectivity index (χ1v) is 8.07. The first-order valence-electron chi connectivity index (χ1n) is 8.07. The summed E-state index contributed by atoms with van der Waals surface area (Å²) in [5.74, 6) is -1.07. The van der Waals surface area contributed by atoms with E-state index in [0.717, 1.165) is 0 Å². The van der Waals surface area contributed by atoms with Crippen LogP contribution in [0.25, 0.3) is 0 Å². The van der Waals surface area contributed by atoms with E-state index in [1.807, 2.05) is 6.07 Å². The van der Waals surface area contributed by atoms with Crippen LogP contribution in [0.3, 0.4) is 0 Å². The van der Waals surface area contributed by atoms with Crippen molar-refractivity contribution in [1.29, 1.82) is 0 Å². The Balaban J connectivity index is 2.08. The maximum absolute atomic E-state index is 14.1. The van der Waals surface area contributed by atoms with Crippen LogP contribution in [-0.2, 0) is 7.05 Å². The van der Waals surface area contributed by atoms with Gasteiger partial charge in [0.25, 0.3) is 5.91 Å². The second-order valence-electron chi connectivity index (χ2n) is 5.95. The van der Waals surface area contributed by atoms with E-state index in [4.69, 9.17) is 0 Å². The number of aromatic nitrogens is 2. The van der Waals surface area contributed by atoms with Crippen LogP contribution >= 0.6 is 0 Å². The van der Waals surface area contributed by atoms with Crippen LogP contribution in [0.2, 0.25) is 0 Å². The van der Waals surface area contributed by atoms with E-state index in [2.05, 4.69) is 5.10 Å². The highest BCUT2D eigenvalue weighted by Crippen LogP contribution is 2.27. The molecule has 0 N–H and O–H groups in total. The van der Waals surface area contributed by atoms with Crippen LogP contribution in [0.1, 0.15) is 32.0 Å². The van der Waals surface area contributed by atoms with E-state index >= 15 is 0 Å². The molecule has 0 saturated heterocycles. The molecule has 1 aromatic heterocycles. The third-order valence-electron chi connectivity index (χ3n) is 4.18. The molecule has 0 atom stereocenters. The minimum absolute atomic E-state index is 0.0505. The molecule has 0 aliphatic heterocycles. The molecule has 26 heavy (non-hydrogen) atoms. The minimum Gasteiger partial charge on any atom is -0.295 e. The number of rotatable bonds is 4. The summed E-state index contributed by atoms with van der Waals surface area (Å²) in [6, 6.07) is 14.5. The summed E-state index contributed by atoms with van der Waals surface area (Å²) >= 11 is 0. The van der Waals surface area contributed by atoms with Gasteiger partial charge in [-0.2, -0.15) is 5.10 Å². The second kappa shape index (κ2) is 6.92. The SMILES string of the molecule is Cc1nn(C)c(N(C)C(=O)c2ccccc2)c1C(=O)c1ccccc1F. The Morgan fingerprint density at radius 2 is 1.65 bits per heavy atom. The molecular weight excluding hydrogens is 333 g/mol. The van der Waals surface area contributed by atoms with E-state index in [1.165, 1.54) is 27.8 Å². The highest BCUT2D eigenvalue weighted by Gasteiger charge is 2.28. The maximum atomic E-state index is 14.1. The summed E-state index contributed by atoms with van der Waals surface area (Å²) in [6.45, 7) is 1.67. The molecule has 3 rings (SSSR count). The van der Waals surface area contributed by atoms with Gasteiger partial charge in [0, 0.05) is 19.7 Å². The van der Waals surface area contributed by atoms with Gasteiger partial charge in [0.15, 0.2) is 0 Å². The van der Waals surface area contributed by atoms with E-state index in [9.17, 15) is 14.0 Å².